The Morgan fingerprint density at radius 3 is 2.76 bits per heavy atom. The highest BCUT2D eigenvalue weighted by atomic mass is 19.4. The van der Waals surface area contributed by atoms with Crippen LogP contribution in [0.5, 0.6) is 0 Å². The highest BCUT2D eigenvalue weighted by Gasteiger charge is 2.35. The van der Waals surface area contributed by atoms with Gasteiger partial charge in [-0.15, -0.1) is 0 Å². The van der Waals surface area contributed by atoms with E-state index < -0.39 is 22.5 Å². The molecule has 1 heterocycles. The Balaban J connectivity index is 2.32. The molecule has 1 fully saturated rings. The quantitative estimate of drug-likeness (QED) is 0.658. The number of halogens is 3. The first-order valence-corrected chi connectivity index (χ1v) is 6.51. The van der Waals surface area contributed by atoms with Crippen molar-refractivity contribution < 1.29 is 18.1 Å². The second-order valence-electron chi connectivity index (χ2n) is 5.02. The van der Waals surface area contributed by atoms with Gasteiger partial charge in [-0.3, -0.25) is 10.1 Å². The molecule has 6 nitrogen and oxygen atoms in total. The van der Waals surface area contributed by atoms with E-state index in [1.165, 1.54) is 0 Å². The van der Waals surface area contributed by atoms with Crippen molar-refractivity contribution >= 4 is 11.4 Å². The first-order chi connectivity index (χ1) is 9.82. The Bertz CT molecular complexity index is 536. The standard InChI is InChI=1S/C12H15F3N4O2/c13-12(14,15)11-4-9(10(6-17-11)19(20)21)18-8-3-1-2-7(8)5-16/h4,6-8H,1-3,5,16H2,(H,17,18). The number of hydrogen-bond acceptors (Lipinski definition) is 5. The van der Waals surface area contributed by atoms with Gasteiger partial charge in [0.05, 0.1) is 4.92 Å². The number of hydrogen-bond donors (Lipinski definition) is 2. The van der Waals surface area contributed by atoms with Crippen LogP contribution >= 0.6 is 0 Å². The van der Waals surface area contributed by atoms with Gasteiger partial charge >= 0.3 is 11.9 Å². The van der Waals surface area contributed by atoms with E-state index in [9.17, 15) is 23.3 Å². The maximum Gasteiger partial charge on any atom is 0.433 e. The number of aromatic nitrogens is 1. The van der Waals surface area contributed by atoms with Crippen molar-refractivity contribution in [2.24, 2.45) is 11.7 Å². The van der Waals surface area contributed by atoms with Gasteiger partial charge in [0.1, 0.15) is 17.6 Å². The minimum absolute atomic E-state index is 0.104. The zero-order chi connectivity index (χ0) is 15.6. The lowest BCUT2D eigenvalue weighted by Gasteiger charge is -2.21. The van der Waals surface area contributed by atoms with E-state index in [1.807, 2.05) is 0 Å². The van der Waals surface area contributed by atoms with Crippen LogP contribution in [0.25, 0.3) is 0 Å². The Labute approximate surface area is 118 Å². The molecule has 2 rings (SSSR count). The van der Waals surface area contributed by atoms with Crippen molar-refractivity contribution in [3.63, 3.8) is 0 Å². The van der Waals surface area contributed by atoms with E-state index in [-0.39, 0.29) is 17.6 Å². The van der Waals surface area contributed by atoms with Gasteiger partial charge in [-0.1, -0.05) is 6.42 Å². The van der Waals surface area contributed by atoms with Crippen LogP contribution in [0.3, 0.4) is 0 Å². The van der Waals surface area contributed by atoms with Gasteiger partial charge < -0.3 is 11.1 Å². The fraction of sp³-hybridized carbons (Fsp3) is 0.583. The fourth-order valence-corrected chi connectivity index (χ4v) is 2.57. The molecule has 0 bridgehead atoms. The van der Waals surface area contributed by atoms with Crippen LogP contribution in [-0.4, -0.2) is 22.5 Å². The zero-order valence-corrected chi connectivity index (χ0v) is 11.1. The van der Waals surface area contributed by atoms with Crippen LogP contribution in [0.2, 0.25) is 0 Å². The van der Waals surface area contributed by atoms with E-state index in [2.05, 4.69) is 10.3 Å². The second kappa shape index (κ2) is 5.84. The summed E-state index contributed by atoms with van der Waals surface area (Å²) in [5, 5.41) is 13.8. The van der Waals surface area contributed by atoms with Crippen LogP contribution in [0.1, 0.15) is 25.0 Å². The minimum atomic E-state index is -4.64. The number of nitrogens with two attached hydrogens (primary N) is 1. The zero-order valence-electron chi connectivity index (χ0n) is 11.1. The summed E-state index contributed by atoms with van der Waals surface area (Å²) in [6.07, 6.45) is -1.53. The molecule has 2 unspecified atom stereocenters. The third-order valence-electron chi connectivity index (χ3n) is 3.67. The maximum atomic E-state index is 12.7. The Hall–Kier alpha value is -1.90. The fourth-order valence-electron chi connectivity index (χ4n) is 2.57. The van der Waals surface area contributed by atoms with Gasteiger partial charge in [0.15, 0.2) is 0 Å². The average Bonchev–Trinajstić information content (AvgIpc) is 2.84. The minimum Gasteiger partial charge on any atom is -0.376 e. The lowest BCUT2D eigenvalue weighted by molar-refractivity contribution is -0.384. The molecular formula is C12H15F3N4O2. The van der Waals surface area contributed by atoms with E-state index in [1.54, 1.807) is 0 Å². The molecule has 116 valence electrons. The van der Waals surface area contributed by atoms with Gasteiger partial charge in [0, 0.05) is 6.04 Å². The molecule has 21 heavy (non-hydrogen) atoms. The number of nitrogens with zero attached hydrogens (tertiary/aromatic N) is 2. The molecule has 1 aromatic rings. The van der Waals surface area contributed by atoms with Gasteiger partial charge in [-0.05, 0) is 31.4 Å². The van der Waals surface area contributed by atoms with Crippen molar-refractivity contribution in [3.8, 4) is 0 Å². The van der Waals surface area contributed by atoms with E-state index >= 15 is 0 Å². The number of anilines is 1. The normalized spacial score (nSPS) is 22.3. The summed E-state index contributed by atoms with van der Waals surface area (Å²) in [5.74, 6) is 0.104. The first kappa shape index (κ1) is 15.5. The van der Waals surface area contributed by atoms with Gasteiger partial charge in [-0.25, -0.2) is 4.98 Å². The lowest BCUT2D eigenvalue weighted by Crippen LogP contribution is -2.30. The summed E-state index contributed by atoms with van der Waals surface area (Å²) < 4.78 is 38.0. The van der Waals surface area contributed by atoms with Crippen LogP contribution in [0.15, 0.2) is 12.3 Å². The molecule has 0 spiro atoms. The number of rotatable bonds is 4. The molecule has 0 amide bonds. The van der Waals surface area contributed by atoms with E-state index in [0.29, 0.717) is 18.8 Å². The van der Waals surface area contributed by atoms with Gasteiger partial charge in [0.2, 0.25) is 0 Å². The molecule has 1 aliphatic carbocycles. The van der Waals surface area contributed by atoms with Crippen molar-refractivity contribution in [1.82, 2.24) is 4.98 Å². The topological polar surface area (TPSA) is 94.1 Å². The van der Waals surface area contributed by atoms with E-state index in [0.717, 1.165) is 19.3 Å². The first-order valence-electron chi connectivity index (χ1n) is 6.51. The van der Waals surface area contributed by atoms with Crippen LogP contribution in [0.4, 0.5) is 24.5 Å². The molecular weight excluding hydrogens is 289 g/mol. The summed E-state index contributed by atoms with van der Waals surface area (Å²) in [7, 11) is 0. The highest BCUT2D eigenvalue weighted by Crippen LogP contribution is 2.35. The number of nitrogens with one attached hydrogen (secondary N) is 1. The number of nitro groups is 1. The molecule has 0 radical (unpaired) electrons. The third kappa shape index (κ3) is 3.41. The summed E-state index contributed by atoms with van der Waals surface area (Å²) in [5.41, 5.74) is 3.83. The maximum absolute atomic E-state index is 12.7. The van der Waals surface area contributed by atoms with Gasteiger partial charge in [-0.2, -0.15) is 13.2 Å². The van der Waals surface area contributed by atoms with Crippen LogP contribution < -0.4 is 11.1 Å². The molecule has 0 aromatic carbocycles. The average molecular weight is 304 g/mol. The molecule has 3 N–H and O–H groups in total. The summed E-state index contributed by atoms with van der Waals surface area (Å²) in [6.45, 7) is 0.392. The van der Waals surface area contributed by atoms with E-state index in [4.69, 9.17) is 5.73 Å². The molecule has 1 aromatic heterocycles. The number of alkyl halides is 3. The molecule has 1 aliphatic rings. The SMILES string of the molecule is NCC1CCCC1Nc1cc(C(F)(F)F)ncc1[N+](=O)[O-]. The second-order valence-corrected chi connectivity index (χ2v) is 5.02. The van der Waals surface area contributed by atoms with Gasteiger partial charge in [0.25, 0.3) is 0 Å². The largest absolute Gasteiger partial charge is 0.433 e. The van der Waals surface area contributed by atoms with Crippen molar-refractivity contribution in [1.29, 1.82) is 0 Å². The predicted molar refractivity (Wildman–Crippen MR) is 69.7 cm³/mol. The Morgan fingerprint density at radius 1 is 1.48 bits per heavy atom. The van der Waals surface area contributed by atoms with Crippen molar-refractivity contribution in [3.05, 3.63) is 28.1 Å². The molecule has 9 heteroatoms. The molecule has 0 aliphatic heterocycles. The van der Waals surface area contributed by atoms with Crippen molar-refractivity contribution in [2.45, 2.75) is 31.5 Å². The Kier molecular flexibility index (Phi) is 4.31. The monoisotopic (exact) mass is 304 g/mol. The summed E-state index contributed by atoms with van der Waals surface area (Å²) >= 11 is 0. The molecule has 1 saturated carbocycles. The molecule has 0 saturated heterocycles. The lowest BCUT2D eigenvalue weighted by atomic mass is 10.0. The smallest absolute Gasteiger partial charge is 0.376 e. The number of pyridine rings is 1. The van der Waals surface area contributed by atoms with Crippen LogP contribution in [-0.2, 0) is 6.18 Å². The predicted octanol–water partition coefficient (Wildman–Crippen LogP) is 2.55. The third-order valence-corrected chi connectivity index (χ3v) is 3.67. The highest BCUT2D eigenvalue weighted by molar-refractivity contribution is 5.61. The summed E-state index contributed by atoms with van der Waals surface area (Å²) in [6, 6.07) is 0.529. The van der Waals surface area contributed by atoms with Crippen molar-refractivity contribution in [2.75, 3.05) is 11.9 Å². The molecule has 2 atom stereocenters. The Morgan fingerprint density at radius 2 is 2.19 bits per heavy atom. The summed E-state index contributed by atoms with van der Waals surface area (Å²) in [4.78, 5) is 13.3. The van der Waals surface area contributed by atoms with Crippen LogP contribution in [0, 0.1) is 16.0 Å².